The number of hydrogen-bond acceptors (Lipinski definition) is 2. The van der Waals surface area contributed by atoms with Gasteiger partial charge in [0.1, 0.15) is 11.2 Å². The number of furan rings is 1. The molecule has 3 heteroatoms. The maximum Gasteiger partial charge on any atom is 0.143 e. The third-order valence-electron chi connectivity index (χ3n) is 11.0. The van der Waals surface area contributed by atoms with Gasteiger partial charge in [-0.05, 0) is 65.5 Å². The Labute approximate surface area is 318 Å². The van der Waals surface area contributed by atoms with Crippen LogP contribution in [0.4, 0.5) is 17.1 Å². The van der Waals surface area contributed by atoms with Crippen molar-refractivity contribution >= 4 is 71.6 Å². The quantitative estimate of drug-likeness (QED) is 0.172. The molecule has 0 saturated carbocycles. The molecule has 0 atom stereocenters. The van der Waals surface area contributed by atoms with Gasteiger partial charge in [0, 0.05) is 55.0 Å². The summed E-state index contributed by atoms with van der Waals surface area (Å²) >= 11 is 0. The lowest BCUT2D eigenvalue weighted by molar-refractivity contribution is 0.674. The molecule has 0 N–H and O–H groups in total. The second-order valence-corrected chi connectivity index (χ2v) is 14.1. The maximum absolute atomic E-state index is 6.90. The zero-order valence-electron chi connectivity index (χ0n) is 29.9. The first-order valence-electron chi connectivity index (χ1n) is 18.8. The van der Waals surface area contributed by atoms with E-state index in [0.717, 1.165) is 72.3 Å². The van der Waals surface area contributed by atoms with E-state index in [1.807, 2.05) is 0 Å². The molecule has 0 aliphatic heterocycles. The third kappa shape index (κ3) is 4.98. The molecule has 9 aromatic carbocycles. The highest BCUT2D eigenvalue weighted by atomic mass is 16.3. The van der Waals surface area contributed by atoms with Crippen molar-refractivity contribution in [2.24, 2.45) is 0 Å². The van der Waals surface area contributed by atoms with Crippen molar-refractivity contribution in [2.75, 3.05) is 4.90 Å². The van der Waals surface area contributed by atoms with E-state index in [4.69, 9.17) is 4.42 Å². The lowest BCUT2D eigenvalue weighted by atomic mass is 9.97. The molecule has 0 radical (unpaired) electrons. The zero-order chi connectivity index (χ0) is 36.3. The molecule has 11 aromatic rings. The summed E-state index contributed by atoms with van der Waals surface area (Å²) in [5.41, 5.74) is 13.0. The molecular weight excluding hydrogens is 669 g/mol. The van der Waals surface area contributed by atoms with Crippen molar-refractivity contribution in [3.05, 3.63) is 206 Å². The van der Waals surface area contributed by atoms with Crippen LogP contribution in [0.1, 0.15) is 0 Å². The van der Waals surface area contributed by atoms with E-state index in [1.165, 1.54) is 27.2 Å². The van der Waals surface area contributed by atoms with Gasteiger partial charge in [0.25, 0.3) is 0 Å². The van der Waals surface area contributed by atoms with Crippen molar-refractivity contribution in [3.8, 4) is 27.9 Å². The van der Waals surface area contributed by atoms with Gasteiger partial charge in [-0.3, -0.25) is 0 Å². The van der Waals surface area contributed by atoms with Gasteiger partial charge in [-0.1, -0.05) is 152 Å². The third-order valence-corrected chi connectivity index (χ3v) is 11.0. The Hall–Kier alpha value is -7.36. The van der Waals surface area contributed by atoms with Crippen molar-refractivity contribution in [3.63, 3.8) is 0 Å². The first-order chi connectivity index (χ1) is 27.3. The largest absolute Gasteiger partial charge is 0.455 e. The van der Waals surface area contributed by atoms with Crippen LogP contribution in [0.25, 0.3) is 82.5 Å². The van der Waals surface area contributed by atoms with Crippen molar-refractivity contribution in [1.29, 1.82) is 0 Å². The lowest BCUT2D eigenvalue weighted by Crippen LogP contribution is -2.12. The number of aromatic nitrogens is 1. The topological polar surface area (TPSA) is 21.3 Å². The minimum absolute atomic E-state index is 0.888. The summed E-state index contributed by atoms with van der Waals surface area (Å²) in [7, 11) is 0. The minimum atomic E-state index is 0.888. The second-order valence-electron chi connectivity index (χ2n) is 14.1. The summed E-state index contributed by atoms with van der Waals surface area (Å²) < 4.78 is 9.27. The Bertz CT molecular complexity index is 3150. The Morgan fingerprint density at radius 3 is 1.64 bits per heavy atom. The van der Waals surface area contributed by atoms with Crippen molar-refractivity contribution in [1.82, 2.24) is 4.57 Å². The SMILES string of the molecule is c1ccc(-c2ccccc2N(c2ccc(-n3c4ccccc4c4ccccc43)cc2)c2ccccc2-c2cccc3c2oc2c4ccccc4ccc32)cc1. The summed E-state index contributed by atoms with van der Waals surface area (Å²) in [5, 5.41) is 7.03. The molecule has 2 heterocycles. The van der Waals surface area contributed by atoms with E-state index in [-0.39, 0.29) is 0 Å². The van der Waals surface area contributed by atoms with Crippen LogP contribution in [0.5, 0.6) is 0 Å². The highest BCUT2D eigenvalue weighted by Gasteiger charge is 2.23. The molecule has 0 bridgehead atoms. The Morgan fingerprint density at radius 2 is 0.891 bits per heavy atom. The van der Waals surface area contributed by atoms with Crippen LogP contribution in [0.2, 0.25) is 0 Å². The standard InChI is InChI=1S/C52H34N2O/c1-2-15-35(16-3-1)39-18-6-10-25-47(39)53(37-30-32-38(33-31-37)54-48-26-11-7-20-41(48)42-21-8-12-27-49(42)54)50-28-13-9-22-43(50)44-23-14-24-45-46-34-29-36-17-4-5-19-40(36)51(46)55-52(44)45/h1-34H. The van der Waals surface area contributed by atoms with E-state index in [9.17, 15) is 0 Å². The maximum atomic E-state index is 6.90. The van der Waals surface area contributed by atoms with Crippen LogP contribution in [-0.2, 0) is 0 Å². The van der Waals surface area contributed by atoms with E-state index in [0.29, 0.717) is 0 Å². The second kappa shape index (κ2) is 12.6. The van der Waals surface area contributed by atoms with Gasteiger partial charge in [-0.25, -0.2) is 0 Å². The first-order valence-corrected chi connectivity index (χ1v) is 18.8. The Balaban J connectivity index is 1.14. The normalized spacial score (nSPS) is 11.6. The molecule has 3 nitrogen and oxygen atoms in total. The fourth-order valence-corrected chi connectivity index (χ4v) is 8.52. The minimum Gasteiger partial charge on any atom is -0.455 e. The molecule has 55 heavy (non-hydrogen) atoms. The van der Waals surface area contributed by atoms with Crippen LogP contribution in [-0.4, -0.2) is 4.57 Å². The summed E-state index contributed by atoms with van der Waals surface area (Å²) in [4.78, 5) is 2.41. The molecule has 0 aliphatic rings. The first kappa shape index (κ1) is 31.2. The number of para-hydroxylation sites is 5. The predicted molar refractivity (Wildman–Crippen MR) is 231 cm³/mol. The molecule has 11 rings (SSSR count). The number of rotatable bonds is 6. The van der Waals surface area contributed by atoms with Crippen LogP contribution in [0.15, 0.2) is 211 Å². The molecule has 0 aliphatic carbocycles. The molecule has 258 valence electrons. The molecular formula is C52H34N2O. The molecule has 2 aromatic heterocycles. The monoisotopic (exact) mass is 702 g/mol. The van der Waals surface area contributed by atoms with Gasteiger partial charge in [-0.15, -0.1) is 0 Å². The van der Waals surface area contributed by atoms with Crippen molar-refractivity contribution < 1.29 is 4.42 Å². The van der Waals surface area contributed by atoms with Crippen LogP contribution < -0.4 is 4.90 Å². The van der Waals surface area contributed by atoms with Gasteiger partial charge in [0.15, 0.2) is 0 Å². The number of anilines is 3. The van der Waals surface area contributed by atoms with Gasteiger partial charge >= 0.3 is 0 Å². The van der Waals surface area contributed by atoms with Gasteiger partial charge in [-0.2, -0.15) is 0 Å². The molecule has 0 unspecified atom stereocenters. The number of fused-ring (bicyclic) bond motifs is 8. The lowest BCUT2D eigenvalue weighted by Gasteiger charge is -2.30. The number of nitrogens with zero attached hydrogens (tertiary/aromatic N) is 2. The van der Waals surface area contributed by atoms with E-state index in [2.05, 4.69) is 216 Å². The fourth-order valence-electron chi connectivity index (χ4n) is 8.52. The van der Waals surface area contributed by atoms with Gasteiger partial charge in [0.05, 0.1) is 22.4 Å². The Kier molecular flexibility index (Phi) is 7.17. The summed E-state index contributed by atoms with van der Waals surface area (Å²) in [6.07, 6.45) is 0. The predicted octanol–water partition coefficient (Wildman–Crippen LogP) is 14.6. The summed E-state index contributed by atoms with van der Waals surface area (Å²) in [6.45, 7) is 0. The molecule has 0 amide bonds. The van der Waals surface area contributed by atoms with E-state index in [1.54, 1.807) is 0 Å². The van der Waals surface area contributed by atoms with Crippen molar-refractivity contribution in [2.45, 2.75) is 0 Å². The fraction of sp³-hybridized carbons (Fsp3) is 0. The van der Waals surface area contributed by atoms with Crippen LogP contribution >= 0.6 is 0 Å². The molecule has 0 spiro atoms. The average Bonchev–Trinajstić information content (AvgIpc) is 3.81. The Morgan fingerprint density at radius 1 is 0.345 bits per heavy atom. The van der Waals surface area contributed by atoms with Crippen LogP contribution in [0.3, 0.4) is 0 Å². The highest BCUT2D eigenvalue weighted by molar-refractivity contribution is 6.18. The average molecular weight is 703 g/mol. The molecule has 0 fully saturated rings. The molecule has 0 saturated heterocycles. The van der Waals surface area contributed by atoms with E-state index >= 15 is 0 Å². The summed E-state index contributed by atoms with van der Waals surface area (Å²) in [6, 6.07) is 73.8. The van der Waals surface area contributed by atoms with Crippen LogP contribution in [0, 0.1) is 0 Å². The smallest absolute Gasteiger partial charge is 0.143 e. The number of benzene rings is 9. The number of hydrogen-bond donors (Lipinski definition) is 0. The van der Waals surface area contributed by atoms with Gasteiger partial charge in [0.2, 0.25) is 0 Å². The highest BCUT2D eigenvalue weighted by Crippen LogP contribution is 2.47. The zero-order valence-corrected chi connectivity index (χ0v) is 29.9. The van der Waals surface area contributed by atoms with E-state index < -0.39 is 0 Å². The van der Waals surface area contributed by atoms with Gasteiger partial charge < -0.3 is 13.9 Å². The summed E-state index contributed by atoms with van der Waals surface area (Å²) in [5.74, 6) is 0.